The molecular formula is C22H20O6. The first-order valence-corrected chi connectivity index (χ1v) is 8.79. The van der Waals surface area contributed by atoms with E-state index >= 15 is 0 Å². The van der Waals surface area contributed by atoms with Crippen molar-refractivity contribution < 1.29 is 23.8 Å². The Morgan fingerprint density at radius 3 is 2.54 bits per heavy atom. The highest BCUT2D eigenvalue weighted by Gasteiger charge is 2.19. The molecule has 2 aromatic carbocycles. The summed E-state index contributed by atoms with van der Waals surface area (Å²) in [4.78, 5) is 24.8. The number of para-hydroxylation sites is 1. The number of fused-ring (bicyclic) bond motifs is 1. The van der Waals surface area contributed by atoms with Crippen LogP contribution in [0.2, 0.25) is 0 Å². The Hall–Kier alpha value is -3.54. The average molecular weight is 380 g/mol. The van der Waals surface area contributed by atoms with Crippen molar-refractivity contribution in [2.75, 3.05) is 13.7 Å². The predicted octanol–water partition coefficient (Wildman–Crippen LogP) is 3.70. The van der Waals surface area contributed by atoms with Gasteiger partial charge in [-0.15, -0.1) is 0 Å². The quantitative estimate of drug-likeness (QED) is 0.399. The first kappa shape index (κ1) is 19.2. The smallest absolute Gasteiger partial charge is 0.343 e. The van der Waals surface area contributed by atoms with Gasteiger partial charge in [0.2, 0.25) is 0 Å². The number of carbonyl (C=O) groups is 1. The third-order valence-electron chi connectivity index (χ3n) is 4.24. The Morgan fingerprint density at radius 2 is 1.86 bits per heavy atom. The molecule has 0 radical (unpaired) electrons. The summed E-state index contributed by atoms with van der Waals surface area (Å²) < 4.78 is 15.5. The van der Waals surface area contributed by atoms with Gasteiger partial charge in [0, 0.05) is 12.0 Å². The van der Waals surface area contributed by atoms with Crippen LogP contribution in [0.1, 0.15) is 18.1 Å². The molecule has 1 heterocycles. The number of rotatable bonds is 6. The summed E-state index contributed by atoms with van der Waals surface area (Å²) in [5.41, 5.74) is 0.552. The Kier molecular flexibility index (Phi) is 5.79. The van der Waals surface area contributed by atoms with E-state index in [9.17, 15) is 14.7 Å². The lowest BCUT2D eigenvalue weighted by Gasteiger charge is -2.10. The first-order valence-electron chi connectivity index (χ1n) is 8.79. The molecule has 1 aromatic heterocycles. The Labute approximate surface area is 161 Å². The molecule has 0 amide bonds. The zero-order valence-corrected chi connectivity index (χ0v) is 15.6. The van der Waals surface area contributed by atoms with Crippen molar-refractivity contribution in [1.82, 2.24) is 0 Å². The molecule has 0 aliphatic heterocycles. The van der Waals surface area contributed by atoms with Crippen molar-refractivity contribution in [3.05, 3.63) is 75.7 Å². The van der Waals surface area contributed by atoms with Gasteiger partial charge in [-0.3, -0.25) is 0 Å². The molecule has 3 rings (SSSR count). The van der Waals surface area contributed by atoms with Crippen LogP contribution in [0.5, 0.6) is 11.5 Å². The normalized spacial score (nSPS) is 11.4. The molecule has 0 unspecified atom stereocenters. The number of methoxy groups -OCH3 is 1. The van der Waals surface area contributed by atoms with E-state index in [1.807, 2.05) is 0 Å². The van der Waals surface area contributed by atoms with Gasteiger partial charge < -0.3 is 19.0 Å². The topological polar surface area (TPSA) is 86.0 Å². The minimum Gasteiger partial charge on any atom is -0.507 e. The van der Waals surface area contributed by atoms with Crippen LogP contribution in [-0.2, 0) is 16.0 Å². The predicted molar refractivity (Wildman–Crippen MR) is 105 cm³/mol. The van der Waals surface area contributed by atoms with Crippen LogP contribution < -0.4 is 10.4 Å². The average Bonchev–Trinajstić information content (AvgIpc) is 2.71. The van der Waals surface area contributed by atoms with E-state index in [2.05, 4.69) is 0 Å². The van der Waals surface area contributed by atoms with Gasteiger partial charge in [-0.1, -0.05) is 24.3 Å². The van der Waals surface area contributed by atoms with E-state index in [0.29, 0.717) is 11.1 Å². The van der Waals surface area contributed by atoms with E-state index in [-0.39, 0.29) is 35.5 Å². The maximum atomic E-state index is 12.4. The van der Waals surface area contributed by atoms with Crippen molar-refractivity contribution >= 4 is 23.0 Å². The molecule has 0 aliphatic rings. The summed E-state index contributed by atoms with van der Waals surface area (Å²) in [7, 11) is 1.57. The van der Waals surface area contributed by atoms with Crippen LogP contribution >= 0.6 is 0 Å². The number of aromatic hydroxyl groups is 1. The molecule has 144 valence electrons. The van der Waals surface area contributed by atoms with Gasteiger partial charge in [-0.25, -0.2) is 9.59 Å². The van der Waals surface area contributed by atoms with Gasteiger partial charge in [0.05, 0.1) is 24.7 Å². The van der Waals surface area contributed by atoms with Crippen molar-refractivity contribution in [2.45, 2.75) is 13.3 Å². The zero-order chi connectivity index (χ0) is 20.1. The fourth-order valence-electron chi connectivity index (χ4n) is 2.83. The van der Waals surface area contributed by atoms with Crippen LogP contribution in [-0.4, -0.2) is 24.8 Å². The fraction of sp³-hybridized carbons (Fsp3) is 0.182. The number of carbonyl (C=O) groups excluding carboxylic acids is 1. The second-order valence-corrected chi connectivity index (χ2v) is 6.05. The number of hydrogen-bond donors (Lipinski definition) is 1. The Bertz CT molecular complexity index is 1080. The highest BCUT2D eigenvalue weighted by Crippen LogP contribution is 2.28. The van der Waals surface area contributed by atoms with Crippen molar-refractivity contribution in [3.63, 3.8) is 0 Å². The highest BCUT2D eigenvalue weighted by molar-refractivity contribution is 5.95. The Balaban J connectivity index is 2.04. The zero-order valence-electron chi connectivity index (χ0n) is 15.6. The molecule has 6 nitrogen and oxygen atoms in total. The second-order valence-electron chi connectivity index (χ2n) is 6.05. The number of benzene rings is 2. The van der Waals surface area contributed by atoms with Gasteiger partial charge >= 0.3 is 11.6 Å². The first-order chi connectivity index (χ1) is 13.5. The minimum atomic E-state index is -0.693. The SMILES string of the molecule is CCOC(=O)/C(=C/c1ccc(OC)cc1)Cc1c(O)c2ccccc2oc1=O. The highest BCUT2D eigenvalue weighted by atomic mass is 16.5. The van der Waals surface area contributed by atoms with E-state index in [0.717, 1.165) is 5.56 Å². The summed E-state index contributed by atoms with van der Waals surface area (Å²) >= 11 is 0. The van der Waals surface area contributed by atoms with E-state index in [4.69, 9.17) is 13.9 Å². The molecule has 28 heavy (non-hydrogen) atoms. The van der Waals surface area contributed by atoms with E-state index in [1.165, 1.54) is 0 Å². The third-order valence-corrected chi connectivity index (χ3v) is 4.24. The molecule has 0 atom stereocenters. The summed E-state index contributed by atoms with van der Waals surface area (Å²) in [6.45, 7) is 1.89. The van der Waals surface area contributed by atoms with Crippen molar-refractivity contribution in [1.29, 1.82) is 0 Å². The fourth-order valence-corrected chi connectivity index (χ4v) is 2.83. The van der Waals surface area contributed by atoms with Gasteiger partial charge in [0.1, 0.15) is 17.1 Å². The molecule has 0 saturated carbocycles. The van der Waals surface area contributed by atoms with Crippen molar-refractivity contribution in [3.8, 4) is 11.5 Å². The van der Waals surface area contributed by atoms with Crippen molar-refractivity contribution in [2.24, 2.45) is 0 Å². The molecule has 0 aliphatic carbocycles. The largest absolute Gasteiger partial charge is 0.507 e. The van der Waals surface area contributed by atoms with Gasteiger partial charge in [-0.2, -0.15) is 0 Å². The molecular weight excluding hydrogens is 360 g/mol. The Morgan fingerprint density at radius 1 is 1.14 bits per heavy atom. The lowest BCUT2D eigenvalue weighted by molar-refractivity contribution is -0.138. The van der Waals surface area contributed by atoms with Crippen LogP contribution in [0.25, 0.3) is 17.0 Å². The summed E-state index contributed by atoms with van der Waals surface area (Å²) in [6.07, 6.45) is 1.50. The van der Waals surface area contributed by atoms with Crippen LogP contribution in [0.15, 0.2) is 63.3 Å². The summed E-state index contributed by atoms with van der Waals surface area (Å²) in [5.74, 6) is -0.0790. The summed E-state index contributed by atoms with van der Waals surface area (Å²) in [5, 5.41) is 11.0. The molecule has 1 N–H and O–H groups in total. The molecule has 0 saturated heterocycles. The lowest BCUT2D eigenvalue weighted by atomic mass is 10.0. The van der Waals surface area contributed by atoms with Crippen LogP contribution in [0.4, 0.5) is 0 Å². The maximum absolute atomic E-state index is 12.4. The molecule has 6 heteroatoms. The van der Waals surface area contributed by atoms with Gasteiger partial charge in [0.25, 0.3) is 0 Å². The van der Waals surface area contributed by atoms with E-state index < -0.39 is 11.6 Å². The molecule has 3 aromatic rings. The molecule has 0 bridgehead atoms. The number of ether oxygens (including phenoxy) is 2. The van der Waals surface area contributed by atoms with E-state index in [1.54, 1.807) is 68.6 Å². The molecule has 0 spiro atoms. The lowest BCUT2D eigenvalue weighted by Crippen LogP contribution is -2.15. The third kappa shape index (κ3) is 4.06. The van der Waals surface area contributed by atoms with Crippen LogP contribution in [0, 0.1) is 0 Å². The second kappa shape index (κ2) is 8.43. The van der Waals surface area contributed by atoms with Crippen LogP contribution in [0.3, 0.4) is 0 Å². The number of hydrogen-bond acceptors (Lipinski definition) is 6. The minimum absolute atomic E-state index is 0.00603. The number of esters is 1. The monoisotopic (exact) mass is 380 g/mol. The maximum Gasteiger partial charge on any atom is 0.343 e. The van der Waals surface area contributed by atoms with Gasteiger partial charge in [-0.05, 0) is 42.8 Å². The summed E-state index contributed by atoms with van der Waals surface area (Å²) in [6, 6.07) is 13.8. The molecule has 0 fully saturated rings. The standard InChI is InChI=1S/C22H20O6/c1-3-27-21(24)15(12-14-8-10-16(26-2)11-9-14)13-18-20(23)17-6-4-5-7-19(17)28-22(18)25/h4-12,23H,3,13H2,1-2H3/b15-12+. The van der Waals surface area contributed by atoms with Gasteiger partial charge in [0.15, 0.2) is 0 Å².